The molecule has 138 valence electrons. The molecule has 3 aromatic rings. The number of aryl methyl sites for hydroxylation is 1. The Morgan fingerprint density at radius 2 is 1.70 bits per heavy atom. The van der Waals surface area contributed by atoms with E-state index in [4.69, 9.17) is 0 Å². The summed E-state index contributed by atoms with van der Waals surface area (Å²) in [7, 11) is -0.0198. The minimum atomic E-state index is -0.0198. The number of rotatable bonds is 5. The third-order valence-electron chi connectivity index (χ3n) is 6.00. The van der Waals surface area contributed by atoms with Crippen LogP contribution >= 0.6 is 10.5 Å². The number of hydrogen-bond acceptors (Lipinski definition) is 1. The minimum Gasteiger partial charge on any atom is -0.294 e. The lowest BCUT2D eigenvalue weighted by Gasteiger charge is -2.31. The first kappa shape index (κ1) is 18.2. The average Bonchev–Trinajstić information content (AvgIpc) is 3.31. The van der Waals surface area contributed by atoms with Gasteiger partial charge >= 0.3 is 0 Å². The van der Waals surface area contributed by atoms with Crippen LogP contribution in [0.25, 0.3) is 15.0 Å². The van der Waals surface area contributed by atoms with Crippen molar-refractivity contribution in [1.29, 1.82) is 0 Å². The van der Waals surface area contributed by atoms with E-state index in [1.54, 1.807) is 0 Å². The molecular weight excluding hydrogens is 348 g/mol. The first-order valence-electron chi connectivity index (χ1n) is 9.75. The number of carbonyl (C=O) groups excluding carboxylic acids is 1. The molecule has 1 heterocycles. The lowest BCUT2D eigenvalue weighted by molar-refractivity contribution is 0.0884. The van der Waals surface area contributed by atoms with Crippen molar-refractivity contribution in [2.75, 3.05) is 0 Å². The molecule has 0 fully saturated rings. The van der Waals surface area contributed by atoms with Gasteiger partial charge in [0.05, 0.1) is 0 Å². The first-order valence-corrected chi connectivity index (χ1v) is 11.0. The van der Waals surface area contributed by atoms with Crippen LogP contribution in [-0.2, 0) is 0 Å². The number of Topliss-reactive ketones (excluding diaryl/α,β-unsaturated/α-hetero) is 1. The zero-order chi connectivity index (χ0) is 19.0. The molecule has 1 aliphatic carbocycles. The van der Waals surface area contributed by atoms with Gasteiger partial charge in [-0.1, -0.05) is 38.1 Å². The van der Waals surface area contributed by atoms with Gasteiger partial charge in [0, 0.05) is 33.4 Å². The maximum absolute atomic E-state index is 12.9. The van der Waals surface area contributed by atoms with Gasteiger partial charge in [0.1, 0.15) is 5.38 Å². The van der Waals surface area contributed by atoms with Crippen molar-refractivity contribution >= 4 is 26.3 Å². The molecule has 4 rings (SSSR count). The van der Waals surface area contributed by atoms with E-state index in [1.807, 2.05) is 12.1 Å². The Morgan fingerprint density at radius 3 is 2.41 bits per heavy atom. The topological polar surface area (TPSA) is 17.1 Å². The summed E-state index contributed by atoms with van der Waals surface area (Å²) in [5, 5.41) is 3.71. The van der Waals surface area contributed by atoms with Gasteiger partial charge in [-0.25, -0.2) is 0 Å². The maximum atomic E-state index is 12.9. The molecule has 0 aliphatic heterocycles. The molecule has 0 N–H and O–H groups in total. The number of allylic oxidation sites excluding steroid dienone is 2. The van der Waals surface area contributed by atoms with E-state index < -0.39 is 0 Å². The Kier molecular flexibility index (Phi) is 4.77. The number of carbonyl (C=O) groups is 1. The highest BCUT2D eigenvalue weighted by Crippen LogP contribution is 2.42. The van der Waals surface area contributed by atoms with Gasteiger partial charge in [-0.3, -0.25) is 4.79 Å². The lowest BCUT2D eigenvalue weighted by atomic mass is 9.73. The summed E-state index contributed by atoms with van der Waals surface area (Å²) >= 11 is 0. The molecule has 0 spiro atoms. The Labute approximate surface area is 164 Å². The number of benzene rings is 2. The van der Waals surface area contributed by atoms with Crippen LogP contribution in [0.4, 0.5) is 0 Å². The quantitative estimate of drug-likeness (QED) is 0.257. The molecule has 1 aromatic heterocycles. The predicted molar refractivity (Wildman–Crippen MR) is 117 cm³/mol. The van der Waals surface area contributed by atoms with Crippen LogP contribution in [-0.4, -0.2) is 5.78 Å². The fraction of sp³-hybridized carbons (Fsp3) is 0.320. The van der Waals surface area contributed by atoms with E-state index in [1.165, 1.54) is 20.5 Å². The third-order valence-corrected chi connectivity index (χ3v) is 8.20. The highest BCUT2D eigenvalue weighted by Gasteiger charge is 2.32. The smallest absolute Gasteiger partial charge is 0.186 e. The molecule has 1 nitrogen and oxygen atoms in total. The SMILES string of the molecule is Cc1c[s+](-c2ccc(C(=O)CC(C)(C)C3CC=CC3)cc2)c2ccccc12. The van der Waals surface area contributed by atoms with Gasteiger partial charge in [0.2, 0.25) is 0 Å². The fourth-order valence-corrected chi connectivity index (χ4v) is 6.30. The van der Waals surface area contributed by atoms with Crippen LogP contribution in [0.3, 0.4) is 0 Å². The summed E-state index contributed by atoms with van der Waals surface area (Å²) in [4.78, 5) is 14.2. The summed E-state index contributed by atoms with van der Waals surface area (Å²) in [6.45, 7) is 6.66. The van der Waals surface area contributed by atoms with E-state index in [-0.39, 0.29) is 21.7 Å². The molecule has 1 aliphatic rings. The zero-order valence-electron chi connectivity index (χ0n) is 16.4. The summed E-state index contributed by atoms with van der Waals surface area (Å²) in [6, 6.07) is 17.0. The third kappa shape index (κ3) is 3.51. The standard InChI is InChI=1S/C25H27OS/c1-18-17-27(24-11-7-6-10-22(18)24)21-14-12-19(13-15-21)23(26)16-25(2,3)20-8-4-5-9-20/h4-7,10-15,17,20H,8-9,16H2,1-3H3/q+1. The second-order valence-corrected chi connectivity index (χ2v) is 10.2. The molecule has 0 bridgehead atoms. The van der Waals surface area contributed by atoms with Crippen molar-refractivity contribution in [3.63, 3.8) is 0 Å². The highest BCUT2D eigenvalue weighted by molar-refractivity contribution is 7.43. The molecule has 27 heavy (non-hydrogen) atoms. The number of hydrogen-bond donors (Lipinski definition) is 0. The van der Waals surface area contributed by atoms with Crippen LogP contribution in [0.1, 0.15) is 49.0 Å². The van der Waals surface area contributed by atoms with E-state index in [9.17, 15) is 4.79 Å². The molecule has 2 heteroatoms. The minimum absolute atomic E-state index is 0.0198. The molecule has 0 saturated carbocycles. The summed E-state index contributed by atoms with van der Waals surface area (Å²) in [5.41, 5.74) is 2.24. The molecule has 0 saturated heterocycles. The van der Waals surface area contributed by atoms with Gasteiger partial charge < -0.3 is 0 Å². The Hall–Kier alpha value is -2.19. The summed E-state index contributed by atoms with van der Waals surface area (Å²) in [6.07, 6.45) is 7.33. The average molecular weight is 376 g/mol. The highest BCUT2D eigenvalue weighted by atomic mass is 32.2. The number of thiophene rings is 1. The summed E-state index contributed by atoms with van der Waals surface area (Å²) < 4.78 is 1.39. The van der Waals surface area contributed by atoms with Crippen molar-refractivity contribution in [3.05, 3.63) is 77.2 Å². The predicted octanol–water partition coefficient (Wildman–Crippen LogP) is 7.45. The van der Waals surface area contributed by atoms with Crippen LogP contribution in [0.2, 0.25) is 0 Å². The Bertz CT molecular complexity index is 996. The van der Waals surface area contributed by atoms with Crippen molar-refractivity contribution in [2.45, 2.75) is 40.0 Å². The fourth-order valence-electron chi connectivity index (χ4n) is 4.19. The zero-order valence-corrected chi connectivity index (χ0v) is 17.2. The van der Waals surface area contributed by atoms with Crippen molar-refractivity contribution in [1.82, 2.24) is 0 Å². The number of fused-ring (bicyclic) bond motifs is 1. The second-order valence-electron chi connectivity index (χ2n) is 8.39. The van der Waals surface area contributed by atoms with Gasteiger partial charge in [-0.15, -0.1) is 0 Å². The second kappa shape index (κ2) is 7.09. The monoisotopic (exact) mass is 375 g/mol. The van der Waals surface area contributed by atoms with E-state index >= 15 is 0 Å². The maximum Gasteiger partial charge on any atom is 0.186 e. The largest absolute Gasteiger partial charge is 0.294 e. The van der Waals surface area contributed by atoms with Crippen molar-refractivity contribution in [2.24, 2.45) is 11.3 Å². The Balaban J connectivity index is 1.56. The van der Waals surface area contributed by atoms with Crippen LogP contribution in [0, 0.1) is 18.3 Å². The molecule has 0 amide bonds. The van der Waals surface area contributed by atoms with Gasteiger partial charge in [-0.2, -0.15) is 0 Å². The lowest BCUT2D eigenvalue weighted by Crippen LogP contribution is -2.25. The van der Waals surface area contributed by atoms with Crippen molar-refractivity contribution in [3.8, 4) is 4.90 Å². The first-order chi connectivity index (χ1) is 13.0. The van der Waals surface area contributed by atoms with Gasteiger partial charge in [0.15, 0.2) is 15.4 Å². The number of ketones is 1. The normalized spacial score (nSPS) is 15.6. The van der Waals surface area contributed by atoms with Crippen LogP contribution in [0.5, 0.6) is 0 Å². The van der Waals surface area contributed by atoms with E-state index in [0.717, 1.165) is 18.4 Å². The van der Waals surface area contributed by atoms with Gasteiger partial charge in [0.25, 0.3) is 0 Å². The molecule has 2 aromatic carbocycles. The molecular formula is C25H27OS+. The van der Waals surface area contributed by atoms with E-state index in [2.05, 4.69) is 74.7 Å². The van der Waals surface area contributed by atoms with Crippen LogP contribution < -0.4 is 0 Å². The van der Waals surface area contributed by atoms with Gasteiger partial charge in [-0.05, 0) is 67.5 Å². The molecule has 1 atom stereocenters. The Morgan fingerprint density at radius 1 is 1.04 bits per heavy atom. The van der Waals surface area contributed by atoms with Crippen molar-refractivity contribution < 1.29 is 4.79 Å². The van der Waals surface area contributed by atoms with Crippen LogP contribution in [0.15, 0.2) is 66.1 Å². The van der Waals surface area contributed by atoms with E-state index in [0.29, 0.717) is 12.3 Å². The molecule has 0 radical (unpaired) electrons. The summed E-state index contributed by atoms with van der Waals surface area (Å²) in [5.74, 6) is 0.852. The molecule has 1 unspecified atom stereocenters.